The molecule has 1 fully saturated rings. The average molecular weight is 306 g/mol. The van der Waals surface area contributed by atoms with Crippen molar-refractivity contribution in [1.82, 2.24) is 5.32 Å². The number of hydrogen-bond acceptors (Lipinski definition) is 3. The molecule has 1 aliphatic carbocycles. The van der Waals surface area contributed by atoms with Crippen LogP contribution >= 0.6 is 0 Å². The van der Waals surface area contributed by atoms with E-state index in [0.29, 0.717) is 12.5 Å². The fraction of sp³-hybridized carbons (Fsp3) is 0.588. The number of anilines is 1. The lowest BCUT2D eigenvalue weighted by Gasteiger charge is -2.29. The van der Waals surface area contributed by atoms with Gasteiger partial charge in [-0.1, -0.05) is 6.92 Å². The van der Waals surface area contributed by atoms with Gasteiger partial charge in [0, 0.05) is 5.69 Å². The molecule has 1 atom stereocenters. The van der Waals surface area contributed by atoms with Crippen LogP contribution in [0, 0.1) is 12.8 Å². The quantitative estimate of drug-likeness (QED) is 0.725. The maximum atomic E-state index is 12.2. The van der Waals surface area contributed by atoms with Crippen molar-refractivity contribution in [3.63, 3.8) is 0 Å². The highest BCUT2D eigenvalue weighted by Gasteiger charge is 2.42. The first-order chi connectivity index (χ1) is 10.5. The van der Waals surface area contributed by atoms with Crippen LogP contribution in [0.25, 0.3) is 0 Å². The number of carbonyl (C=O) groups excluding carboxylic acids is 1. The molecule has 0 bridgehead atoms. The van der Waals surface area contributed by atoms with Crippen LogP contribution in [0.3, 0.4) is 0 Å². The van der Waals surface area contributed by atoms with Gasteiger partial charge in [-0.3, -0.25) is 0 Å². The largest absolute Gasteiger partial charge is 0.494 e. The Morgan fingerprint density at radius 3 is 2.73 bits per heavy atom. The van der Waals surface area contributed by atoms with Crippen molar-refractivity contribution in [2.45, 2.75) is 45.6 Å². The van der Waals surface area contributed by atoms with Crippen LogP contribution < -0.4 is 15.4 Å². The number of urea groups is 1. The summed E-state index contributed by atoms with van der Waals surface area (Å²) in [5, 5.41) is 15.3. The number of amides is 2. The molecule has 22 heavy (non-hydrogen) atoms. The zero-order valence-electron chi connectivity index (χ0n) is 13.6. The highest BCUT2D eigenvalue weighted by atomic mass is 16.5. The van der Waals surface area contributed by atoms with Gasteiger partial charge in [-0.25, -0.2) is 4.79 Å². The van der Waals surface area contributed by atoms with E-state index in [-0.39, 0.29) is 12.6 Å². The second kappa shape index (κ2) is 7.01. The fourth-order valence-electron chi connectivity index (χ4n) is 2.49. The molecule has 122 valence electrons. The van der Waals surface area contributed by atoms with E-state index in [1.165, 1.54) is 0 Å². The van der Waals surface area contributed by atoms with Gasteiger partial charge in [-0.15, -0.1) is 0 Å². The number of aliphatic hydroxyl groups is 1. The minimum absolute atomic E-state index is 0.0478. The van der Waals surface area contributed by atoms with E-state index in [2.05, 4.69) is 17.6 Å². The molecule has 1 aliphatic rings. The number of aliphatic hydroxyl groups excluding tert-OH is 1. The lowest BCUT2D eigenvalue weighted by atomic mass is 9.97. The van der Waals surface area contributed by atoms with Gasteiger partial charge in [-0.2, -0.15) is 0 Å². The van der Waals surface area contributed by atoms with Crippen LogP contribution in [-0.2, 0) is 0 Å². The number of rotatable bonds is 7. The van der Waals surface area contributed by atoms with Crippen molar-refractivity contribution in [3.8, 4) is 5.75 Å². The Morgan fingerprint density at radius 1 is 1.45 bits per heavy atom. The predicted molar refractivity (Wildman–Crippen MR) is 87.3 cm³/mol. The first-order valence-corrected chi connectivity index (χ1v) is 7.92. The SMILES string of the molecule is CCCOc1ccc(NC(=O)NC(C)(CO)C2CC2)c(C)c1. The summed E-state index contributed by atoms with van der Waals surface area (Å²) in [6.07, 6.45) is 3.07. The molecule has 1 unspecified atom stereocenters. The van der Waals surface area contributed by atoms with Gasteiger partial charge >= 0.3 is 6.03 Å². The maximum absolute atomic E-state index is 12.2. The number of nitrogens with one attached hydrogen (secondary N) is 2. The second-order valence-corrected chi connectivity index (χ2v) is 6.25. The van der Waals surface area contributed by atoms with Crippen molar-refractivity contribution in [1.29, 1.82) is 0 Å². The van der Waals surface area contributed by atoms with Crippen LogP contribution in [0.4, 0.5) is 10.5 Å². The monoisotopic (exact) mass is 306 g/mol. The molecule has 0 spiro atoms. The van der Waals surface area contributed by atoms with E-state index >= 15 is 0 Å². The Balaban J connectivity index is 1.96. The minimum Gasteiger partial charge on any atom is -0.494 e. The molecular weight excluding hydrogens is 280 g/mol. The molecule has 5 heteroatoms. The number of ether oxygens (including phenoxy) is 1. The van der Waals surface area contributed by atoms with Crippen molar-refractivity contribution < 1.29 is 14.6 Å². The van der Waals surface area contributed by atoms with Crippen LogP contribution in [0.1, 0.15) is 38.7 Å². The summed E-state index contributed by atoms with van der Waals surface area (Å²) in [4.78, 5) is 12.2. The molecule has 1 aromatic carbocycles. The summed E-state index contributed by atoms with van der Waals surface area (Å²) in [6, 6.07) is 5.32. The molecule has 0 aromatic heterocycles. The molecule has 3 N–H and O–H groups in total. The third-order valence-corrected chi connectivity index (χ3v) is 4.12. The van der Waals surface area contributed by atoms with Crippen molar-refractivity contribution in [2.75, 3.05) is 18.5 Å². The van der Waals surface area contributed by atoms with E-state index in [1.54, 1.807) is 0 Å². The maximum Gasteiger partial charge on any atom is 0.319 e. The topological polar surface area (TPSA) is 70.6 Å². The molecule has 2 rings (SSSR count). The minimum atomic E-state index is -0.540. The molecule has 0 aliphatic heterocycles. The van der Waals surface area contributed by atoms with E-state index < -0.39 is 5.54 Å². The van der Waals surface area contributed by atoms with Gasteiger partial charge in [0.25, 0.3) is 0 Å². The summed E-state index contributed by atoms with van der Waals surface area (Å²) in [6.45, 7) is 6.52. The van der Waals surface area contributed by atoms with Gasteiger partial charge < -0.3 is 20.5 Å². The zero-order valence-corrected chi connectivity index (χ0v) is 13.6. The Morgan fingerprint density at radius 2 is 2.18 bits per heavy atom. The number of hydrogen-bond donors (Lipinski definition) is 3. The van der Waals surface area contributed by atoms with Crippen LogP contribution in [0.2, 0.25) is 0 Å². The third-order valence-electron chi connectivity index (χ3n) is 4.12. The Hall–Kier alpha value is -1.75. The number of carbonyl (C=O) groups is 1. The second-order valence-electron chi connectivity index (χ2n) is 6.25. The van der Waals surface area contributed by atoms with Gasteiger partial charge in [-0.05, 0) is 62.8 Å². The van der Waals surface area contributed by atoms with E-state index in [1.807, 2.05) is 32.0 Å². The summed E-state index contributed by atoms with van der Waals surface area (Å²) in [7, 11) is 0. The molecule has 0 radical (unpaired) electrons. The lowest BCUT2D eigenvalue weighted by Crippen LogP contribution is -2.52. The summed E-state index contributed by atoms with van der Waals surface area (Å²) >= 11 is 0. The molecule has 1 aromatic rings. The Bertz CT molecular complexity index is 529. The van der Waals surface area contributed by atoms with E-state index in [0.717, 1.165) is 36.3 Å². The molecule has 5 nitrogen and oxygen atoms in total. The van der Waals surface area contributed by atoms with Crippen molar-refractivity contribution in [3.05, 3.63) is 23.8 Å². The van der Waals surface area contributed by atoms with Gasteiger partial charge in [0.2, 0.25) is 0 Å². The summed E-state index contributed by atoms with van der Waals surface area (Å²) in [5.41, 5.74) is 1.15. The average Bonchev–Trinajstić information content (AvgIpc) is 3.32. The highest BCUT2D eigenvalue weighted by Crippen LogP contribution is 2.39. The van der Waals surface area contributed by atoms with Gasteiger partial charge in [0.05, 0.1) is 18.8 Å². The molecule has 0 saturated heterocycles. The Kier molecular flexibility index (Phi) is 5.29. The zero-order chi connectivity index (χ0) is 16.2. The third kappa shape index (κ3) is 4.13. The molecule has 2 amide bonds. The summed E-state index contributed by atoms with van der Waals surface area (Å²) in [5.74, 6) is 1.18. The van der Waals surface area contributed by atoms with Gasteiger partial charge in [0.15, 0.2) is 0 Å². The van der Waals surface area contributed by atoms with Crippen LogP contribution in [-0.4, -0.2) is 29.9 Å². The van der Waals surface area contributed by atoms with Crippen molar-refractivity contribution >= 4 is 11.7 Å². The normalized spacial score (nSPS) is 16.7. The first kappa shape index (κ1) is 16.6. The standard InChI is InChI=1S/C17H26N2O3/c1-4-9-22-14-7-8-15(12(2)10-14)18-16(21)19-17(3,11-20)13-5-6-13/h7-8,10,13,20H,4-6,9,11H2,1-3H3,(H2,18,19,21). The molecule has 0 heterocycles. The first-order valence-electron chi connectivity index (χ1n) is 7.92. The fourth-order valence-corrected chi connectivity index (χ4v) is 2.49. The number of benzene rings is 1. The highest BCUT2D eigenvalue weighted by molar-refractivity contribution is 5.90. The molecular formula is C17H26N2O3. The summed E-state index contributed by atoms with van der Waals surface area (Å²) < 4.78 is 5.57. The smallest absolute Gasteiger partial charge is 0.319 e. The van der Waals surface area contributed by atoms with Gasteiger partial charge in [0.1, 0.15) is 5.75 Å². The predicted octanol–water partition coefficient (Wildman–Crippen LogP) is 3.07. The molecule has 1 saturated carbocycles. The van der Waals surface area contributed by atoms with Crippen LogP contribution in [0.15, 0.2) is 18.2 Å². The van der Waals surface area contributed by atoms with E-state index in [9.17, 15) is 9.90 Å². The Labute approximate surface area is 132 Å². The van der Waals surface area contributed by atoms with Crippen LogP contribution in [0.5, 0.6) is 5.75 Å². The van der Waals surface area contributed by atoms with Crippen molar-refractivity contribution in [2.24, 2.45) is 5.92 Å². The number of aryl methyl sites for hydroxylation is 1. The van der Waals surface area contributed by atoms with E-state index in [4.69, 9.17) is 4.74 Å². The lowest BCUT2D eigenvalue weighted by molar-refractivity contribution is 0.159.